The van der Waals surface area contributed by atoms with Gasteiger partial charge in [0.15, 0.2) is 0 Å². The fourth-order valence-electron chi connectivity index (χ4n) is 3.42. The van der Waals surface area contributed by atoms with E-state index in [1.54, 1.807) is 6.20 Å². The van der Waals surface area contributed by atoms with E-state index in [9.17, 15) is 4.79 Å². The predicted octanol–water partition coefficient (Wildman–Crippen LogP) is 3.04. The van der Waals surface area contributed by atoms with Crippen molar-refractivity contribution in [3.63, 3.8) is 0 Å². The minimum Gasteiger partial charge on any atom is -0.494 e. The van der Waals surface area contributed by atoms with Gasteiger partial charge in [-0.3, -0.25) is 9.78 Å². The van der Waals surface area contributed by atoms with Crippen molar-refractivity contribution >= 4 is 5.91 Å². The number of pyridine rings is 1. The number of benzene rings is 1. The van der Waals surface area contributed by atoms with Crippen LogP contribution in [0.2, 0.25) is 0 Å². The van der Waals surface area contributed by atoms with Gasteiger partial charge in [0.2, 0.25) is 0 Å². The highest BCUT2D eigenvalue weighted by molar-refractivity contribution is 5.94. The van der Waals surface area contributed by atoms with Gasteiger partial charge in [-0.05, 0) is 43.3 Å². The van der Waals surface area contributed by atoms with Crippen LogP contribution in [-0.4, -0.2) is 45.0 Å². The van der Waals surface area contributed by atoms with Crippen molar-refractivity contribution in [1.82, 2.24) is 19.4 Å². The third-order valence-corrected chi connectivity index (χ3v) is 4.79. The maximum Gasteiger partial charge on any atom is 0.253 e. The van der Waals surface area contributed by atoms with Crippen molar-refractivity contribution in [2.75, 3.05) is 19.7 Å². The second kappa shape index (κ2) is 7.61. The molecule has 0 saturated carbocycles. The van der Waals surface area contributed by atoms with Gasteiger partial charge in [0.05, 0.1) is 18.5 Å². The van der Waals surface area contributed by atoms with E-state index in [2.05, 4.69) is 14.5 Å². The summed E-state index contributed by atoms with van der Waals surface area (Å²) in [5.41, 5.74) is 2.78. The number of rotatable bonds is 4. The molecule has 6 nitrogen and oxygen atoms in total. The number of amides is 1. The highest BCUT2D eigenvalue weighted by atomic mass is 16.5. The molecular formula is C21H22N4O2. The molecule has 0 bridgehead atoms. The topological polar surface area (TPSA) is 60.2 Å². The summed E-state index contributed by atoms with van der Waals surface area (Å²) < 4.78 is 7.65. The number of carbonyl (C=O) groups is 1. The molecule has 1 aliphatic heterocycles. The van der Waals surface area contributed by atoms with Gasteiger partial charge in [-0.15, -0.1) is 0 Å². The van der Waals surface area contributed by atoms with Crippen LogP contribution in [0.1, 0.15) is 23.1 Å². The number of hydrogen-bond acceptors (Lipinski definition) is 4. The molecule has 0 aliphatic carbocycles. The van der Waals surface area contributed by atoms with Gasteiger partial charge in [0.25, 0.3) is 5.91 Å². The number of aromatic nitrogens is 3. The van der Waals surface area contributed by atoms with E-state index in [1.807, 2.05) is 60.6 Å². The smallest absolute Gasteiger partial charge is 0.253 e. The Hall–Kier alpha value is -3.15. The molecule has 3 heterocycles. The van der Waals surface area contributed by atoms with Gasteiger partial charge >= 0.3 is 0 Å². The summed E-state index contributed by atoms with van der Waals surface area (Å²) in [6.45, 7) is 4.60. The molecule has 6 heteroatoms. The van der Waals surface area contributed by atoms with Crippen LogP contribution in [0.15, 0.2) is 55.0 Å². The molecule has 1 aromatic carbocycles. The Kier molecular flexibility index (Phi) is 4.87. The average molecular weight is 362 g/mol. The first-order valence-corrected chi connectivity index (χ1v) is 9.23. The largest absolute Gasteiger partial charge is 0.494 e. The number of carbonyl (C=O) groups excluding carboxylic acids is 1. The van der Waals surface area contributed by atoms with E-state index in [0.29, 0.717) is 25.3 Å². The molecule has 0 saturated heterocycles. The minimum absolute atomic E-state index is 0.0479. The van der Waals surface area contributed by atoms with Crippen LogP contribution < -0.4 is 4.74 Å². The number of hydrogen-bond donors (Lipinski definition) is 0. The highest BCUT2D eigenvalue weighted by Gasteiger charge is 2.22. The molecule has 27 heavy (non-hydrogen) atoms. The van der Waals surface area contributed by atoms with Gasteiger partial charge in [0.1, 0.15) is 11.6 Å². The predicted molar refractivity (Wildman–Crippen MR) is 103 cm³/mol. The van der Waals surface area contributed by atoms with Crippen molar-refractivity contribution < 1.29 is 9.53 Å². The van der Waals surface area contributed by atoms with E-state index in [0.717, 1.165) is 35.8 Å². The molecule has 0 fully saturated rings. The summed E-state index contributed by atoms with van der Waals surface area (Å²) in [5, 5.41) is 0. The van der Waals surface area contributed by atoms with Crippen LogP contribution >= 0.6 is 0 Å². The molecule has 4 rings (SSSR count). The summed E-state index contributed by atoms with van der Waals surface area (Å²) >= 11 is 0. The first-order valence-electron chi connectivity index (χ1n) is 9.23. The van der Waals surface area contributed by atoms with Crippen molar-refractivity contribution in [2.45, 2.75) is 19.9 Å². The van der Waals surface area contributed by atoms with Gasteiger partial charge in [-0.1, -0.05) is 0 Å². The van der Waals surface area contributed by atoms with Crippen LogP contribution in [0.3, 0.4) is 0 Å². The quantitative estimate of drug-likeness (QED) is 0.716. The summed E-state index contributed by atoms with van der Waals surface area (Å²) in [6, 6.07) is 11.3. The Morgan fingerprint density at radius 2 is 1.96 bits per heavy atom. The Labute approximate surface area is 158 Å². The first-order chi connectivity index (χ1) is 13.3. The third kappa shape index (κ3) is 3.56. The Morgan fingerprint density at radius 3 is 2.70 bits per heavy atom. The summed E-state index contributed by atoms with van der Waals surface area (Å²) in [7, 11) is 0. The van der Waals surface area contributed by atoms with Crippen molar-refractivity contribution in [2.24, 2.45) is 0 Å². The number of ether oxygens (including phenoxy) is 1. The lowest BCUT2D eigenvalue weighted by atomic mass is 10.2. The van der Waals surface area contributed by atoms with E-state index >= 15 is 0 Å². The third-order valence-electron chi connectivity index (χ3n) is 4.79. The maximum atomic E-state index is 12.9. The molecule has 1 aliphatic rings. The molecule has 0 N–H and O–H groups in total. The second-order valence-corrected chi connectivity index (χ2v) is 6.45. The summed E-state index contributed by atoms with van der Waals surface area (Å²) in [4.78, 5) is 23.6. The van der Waals surface area contributed by atoms with Crippen molar-refractivity contribution in [1.29, 1.82) is 0 Å². The molecule has 2 aromatic heterocycles. The van der Waals surface area contributed by atoms with Crippen molar-refractivity contribution in [3.05, 3.63) is 66.4 Å². The first kappa shape index (κ1) is 17.3. The average Bonchev–Trinajstić information content (AvgIpc) is 3.00. The monoisotopic (exact) mass is 362 g/mol. The molecule has 1 amide bonds. The van der Waals surface area contributed by atoms with Crippen LogP contribution in [0, 0.1) is 0 Å². The lowest BCUT2D eigenvalue weighted by molar-refractivity contribution is 0.0759. The number of nitrogens with zero attached hydrogens (tertiary/aromatic N) is 4. The molecule has 0 radical (unpaired) electrons. The van der Waals surface area contributed by atoms with E-state index in [1.165, 1.54) is 0 Å². The van der Waals surface area contributed by atoms with E-state index < -0.39 is 0 Å². The van der Waals surface area contributed by atoms with E-state index in [4.69, 9.17) is 4.74 Å². The molecule has 0 atom stereocenters. The molecule has 0 unspecified atom stereocenters. The fourth-order valence-corrected chi connectivity index (χ4v) is 3.42. The fraction of sp³-hybridized carbons (Fsp3) is 0.286. The minimum atomic E-state index is 0.0479. The molecule has 0 spiro atoms. The lowest BCUT2D eigenvalue weighted by Gasteiger charge is -2.20. The van der Waals surface area contributed by atoms with Crippen molar-refractivity contribution in [3.8, 4) is 17.0 Å². The maximum absolute atomic E-state index is 12.9. The Balaban J connectivity index is 1.50. The number of imidazole rings is 1. The summed E-state index contributed by atoms with van der Waals surface area (Å²) in [6.07, 6.45) is 6.25. The zero-order valence-electron chi connectivity index (χ0n) is 15.3. The molecule has 3 aromatic rings. The van der Waals surface area contributed by atoms with Gasteiger partial charge in [-0.25, -0.2) is 4.98 Å². The van der Waals surface area contributed by atoms with E-state index in [-0.39, 0.29) is 5.91 Å². The standard InChI is InChI=1S/C21H22N4O2/c1-2-27-18-7-5-16(6-8-18)21(26)24-11-9-20-23-15-19(25(20)13-12-24)17-4-3-10-22-14-17/h3-8,10,14-15H,2,9,11-13H2,1H3. The Bertz CT molecular complexity index is 919. The van der Waals surface area contributed by atoms with Gasteiger partial charge in [-0.2, -0.15) is 0 Å². The molecular weight excluding hydrogens is 340 g/mol. The van der Waals surface area contributed by atoms with Crippen LogP contribution in [-0.2, 0) is 13.0 Å². The Morgan fingerprint density at radius 1 is 1.11 bits per heavy atom. The SMILES string of the molecule is CCOc1ccc(C(=O)N2CCc3ncc(-c4cccnc4)n3CC2)cc1. The van der Waals surface area contributed by atoms with Crippen LogP contribution in [0.4, 0.5) is 0 Å². The van der Waals surface area contributed by atoms with Gasteiger partial charge < -0.3 is 14.2 Å². The zero-order chi connectivity index (χ0) is 18.6. The van der Waals surface area contributed by atoms with Gasteiger partial charge in [0, 0.05) is 49.6 Å². The molecule has 138 valence electrons. The normalized spacial score (nSPS) is 13.7. The van der Waals surface area contributed by atoms with Crippen LogP contribution in [0.25, 0.3) is 11.3 Å². The number of fused-ring (bicyclic) bond motifs is 1. The zero-order valence-corrected chi connectivity index (χ0v) is 15.3. The lowest BCUT2D eigenvalue weighted by Crippen LogP contribution is -2.33. The second-order valence-electron chi connectivity index (χ2n) is 6.45. The van der Waals surface area contributed by atoms with Crippen LogP contribution in [0.5, 0.6) is 5.75 Å². The highest BCUT2D eigenvalue weighted by Crippen LogP contribution is 2.22. The summed E-state index contributed by atoms with van der Waals surface area (Å²) in [5.74, 6) is 1.84.